The lowest BCUT2D eigenvalue weighted by Crippen LogP contribution is -2.30. The largest absolute Gasteiger partial charge is 0.495 e. The first-order valence-corrected chi connectivity index (χ1v) is 8.31. The Hall–Kier alpha value is -1.07. The summed E-state index contributed by atoms with van der Waals surface area (Å²) in [7, 11) is -1.50. The number of halogens is 1. The van der Waals surface area contributed by atoms with Gasteiger partial charge in [0.2, 0.25) is 10.0 Å². The lowest BCUT2D eigenvalue weighted by Gasteiger charge is -2.13. The molecule has 0 amide bonds. The average molecular weight is 440 g/mol. The number of aliphatic imine (C=N–C) groups is 1. The van der Waals surface area contributed by atoms with E-state index in [0.29, 0.717) is 31.8 Å². The molecule has 1 saturated heterocycles. The van der Waals surface area contributed by atoms with Crippen LogP contribution in [0, 0.1) is 0 Å². The van der Waals surface area contributed by atoms with Crippen LogP contribution in [0.15, 0.2) is 29.3 Å². The zero-order valence-corrected chi connectivity index (χ0v) is 15.5. The van der Waals surface area contributed by atoms with Crippen molar-refractivity contribution in [2.24, 2.45) is 10.7 Å². The molecule has 1 aromatic carbocycles. The molecule has 124 valence electrons. The normalized spacial score (nSPS) is 17.8. The van der Waals surface area contributed by atoms with Crippen molar-refractivity contribution in [1.29, 1.82) is 0 Å². The molecule has 1 heterocycles. The van der Waals surface area contributed by atoms with Gasteiger partial charge in [-0.1, -0.05) is 12.1 Å². The number of nitrogens with zero attached hydrogens (tertiary/aromatic N) is 2. The number of nitrogens with one attached hydrogen (secondary N) is 1. The van der Waals surface area contributed by atoms with Crippen molar-refractivity contribution in [3.8, 4) is 5.75 Å². The second-order valence-corrected chi connectivity index (χ2v) is 6.75. The molecular weight excluding hydrogens is 419 g/mol. The van der Waals surface area contributed by atoms with Gasteiger partial charge < -0.3 is 15.8 Å². The van der Waals surface area contributed by atoms with E-state index >= 15 is 0 Å². The van der Waals surface area contributed by atoms with Crippen LogP contribution >= 0.6 is 24.0 Å². The van der Waals surface area contributed by atoms with Crippen LogP contribution in [-0.2, 0) is 10.0 Å². The van der Waals surface area contributed by atoms with Crippen molar-refractivity contribution in [2.45, 2.75) is 6.42 Å². The first-order valence-electron chi connectivity index (χ1n) is 6.71. The average Bonchev–Trinajstić information content (AvgIpc) is 2.78. The summed E-state index contributed by atoms with van der Waals surface area (Å²) in [6.07, 6.45) is 0.682. The van der Waals surface area contributed by atoms with Crippen LogP contribution in [0.25, 0.3) is 0 Å². The lowest BCUT2D eigenvalue weighted by molar-refractivity contribution is 0.417. The van der Waals surface area contributed by atoms with Crippen molar-refractivity contribution in [3.05, 3.63) is 24.3 Å². The molecule has 1 aliphatic rings. The van der Waals surface area contributed by atoms with Gasteiger partial charge in [0.15, 0.2) is 5.96 Å². The van der Waals surface area contributed by atoms with E-state index in [9.17, 15) is 8.42 Å². The predicted octanol–water partition coefficient (Wildman–Crippen LogP) is 1.08. The highest BCUT2D eigenvalue weighted by Crippen LogP contribution is 2.22. The second kappa shape index (κ2) is 8.53. The molecule has 22 heavy (non-hydrogen) atoms. The summed E-state index contributed by atoms with van der Waals surface area (Å²) >= 11 is 0. The molecule has 0 saturated carbocycles. The van der Waals surface area contributed by atoms with Gasteiger partial charge in [-0.15, -0.1) is 24.0 Å². The number of ether oxygens (including phenoxy) is 1. The number of rotatable bonds is 5. The third-order valence-corrected chi connectivity index (χ3v) is 5.16. The maximum atomic E-state index is 11.6. The minimum Gasteiger partial charge on any atom is -0.495 e. The highest BCUT2D eigenvalue weighted by molar-refractivity contribution is 14.0. The Labute approximate surface area is 148 Å². The molecular formula is C13H21IN4O3S. The van der Waals surface area contributed by atoms with Gasteiger partial charge in [0.1, 0.15) is 5.75 Å². The number of nitrogens with two attached hydrogens (primary N) is 1. The van der Waals surface area contributed by atoms with E-state index in [2.05, 4.69) is 10.3 Å². The van der Waals surface area contributed by atoms with Crippen molar-refractivity contribution in [2.75, 3.05) is 37.8 Å². The Kier molecular flexibility index (Phi) is 7.36. The van der Waals surface area contributed by atoms with Gasteiger partial charge in [0, 0.05) is 13.1 Å². The molecule has 2 rings (SSSR count). The van der Waals surface area contributed by atoms with Gasteiger partial charge in [-0.3, -0.25) is 4.99 Å². The molecule has 1 aliphatic heterocycles. The number of hydrogen-bond donors (Lipinski definition) is 2. The van der Waals surface area contributed by atoms with Crippen molar-refractivity contribution in [1.82, 2.24) is 4.31 Å². The Morgan fingerprint density at radius 1 is 1.45 bits per heavy atom. The molecule has 1 aromatic rings. The molecule has 0 radical (unpaired) electrons. The highest BCUT2D eigenvalue weighted by atomic mass is 127. The van der Waals surface area contributed by atoms with Crippen LogP contribution in [0.3, 0.4) is 0 Å². The topological polar surface area (TPSA) is 97.0 Å². The van der Waals surface area contributed by atoms with Crippen LogP contribution in [0.1, 0.15) is 6.42 Å². The monoisotopic (exact) mass is 440 g/mol. The fourth-order valence-corrected chi connectivity index (χ4v) is 3.67. The SMILES string of the molecule is COc1ccccc1NC(N)=NCCN1CCCS1(=O)=O.I. The third kappa shape index (κ3) is 4.99. The van der Waals surface area contributed by atoms with E-state index in [-0.39, 0.29) is 35.7 Å². The first kappa shape index (κ1) is 19.0. The van der Waals surface area contributed by atoms with Crippen LogP contribution in [-0.4, -0.2) is 51.2 Å². The quantitative estimate of drug-likeness (QED) is 0.406. The molecule has 0 bridgehead atoms. The number of benzene rings is 1. The molecule has 7 nitrogen and oxygen atoms in total. The molecule has 3 N–H and O–H groups in total. The van der Waals surface area contributed by atoms with Crippen LogP contribution < -0.4 is 15.8 Å². The van der Waals surface area contributed by atoms with E-state index in [1.54, 1.807) is 7.11 Å². The maximum absolute atomic E-state index is 11.6. The minimum absolute atomic E-state index is 0. The second-order valence-electron chi connectivity index (χ2n) is 4.66. The fraction of sp³-hybridized carbons (Fsp3) is 0.462. The summed E-state index contributed by atoms with van der Waals surface area (Å²) < 4.78 is 29.9. The van der Waals surface area contributed by atoms with Gasteiger partial charge in [0.05, 0.1) is 25.1 Å². The van der Waals surface area contributed by atoms with Gasteiger partial charge in [-0.05, 0) is 18.6 Å². The number of para-hydroxylation sites is 2. The lowest BCUT2D eigenvalue weighted by atomic mass is 10.3. The van der Waals surface area contributed by atoms with Crippen molar-refractivity contribution < 1.29 is 13.2 Å². The molecule has 0 aliphatic carbocycles. The minimum atomic E-state index is -3.07. The van der Waals surface area contributed by atoms with E-state index in [1.807, 2.05) is 24.3 Å². The van der Waals surface area contributed by atoms with Gasteiger partial charge in [0.25, 0.3) is 0 Å². The number of anilines is 1. The zero-order chi connectivity index (χ0) is 15.3. The van der Waals surface area contributed by atoms with Gasteiger partial charge in [-0.2, -0.15) is 0 Å². The Morgan fingerprint density at radius 3 is 2.82 bits per heavy atom. The molecule has 0 spiro atoms. The van der Waals surface area contributed by atoms with Crippen LogP contribution in [0.5, 0.6) is 5.75 Å². The van der Waals surface area contributed by atoms with Crippen LogP contribution in [0.2, 0.25) is 0 Å². The summed E-state index contributed by atoms with van der Waals surface area (Å²) in [5.74, 6) is 1.12. The van der Waals surface area contributed by atoms with Gasteiger partial charge >= 0.3 is 0 Å². The zero-order valence-electron chi connectivity index (χ0n) is 12.4. The maximum Gasteiger partial charge on any atom is 0.214 e. The number of guanidine groups is 1. The van der Waals surface area contributed by atoms with E-state index < -0.39 is 10.0 Å². The Balaban J connectivity index is 0.00000242. The van der Waals surface area contributed by atoms with Crippen molar-refractivity contribution in [3.63, 3.8) is 0 Å². The third-order valence-electron chi connectivity index (χ3n) is 3.20. The molecule has 1 fully saturated rings. The summed E-state index contributed by atoms with van der Waals surface area (Å²) in [5.41, 5.74) is 6.51. The summed E-state index contributed by atoms with van der Waals surface area (Å²) in [5, 5.41) is 2.94. The van der Waals surface area contributed by atoms with E-state index in [1.165, 1.54) is 4.31 Å². The standard InChI is InChI=1S/C13H20N4O3S.HI/c1-20-12-6-3-2-5-11(12)16-13(14)15-7-9-17-8-4-10-21(17,18)19;/h2-3,5-6H,4,7-10H2,1H3,(H3,14,15,16);1H. The Bertz CT molecular complexity index is 621. The number of methoxy groups -OCH3 is 1. The summed E-state index contributed by atoms with van der Waals surface area (Å²) in [6, 6.07) is 7.35. The molecule has 0 aromatic heterocycles. The van der Waals surface area contributed by atoms with Crippen LogP contribution in [0.4, 0.5) is 5.69 Å². The smallest absolute Gasteiger partial charge is 0.214 e. The Morgan fingerprint density at radius 2 is 2.18 bits per heavy atom. The summed E-state index contributed by atoms with van der Waals surface area (Å²) in [4.78, 5) is 4.15. The van der Waals surface area contributed by atoms with E-state index in [4.69, 9.17) is 10.5 Å². The van der Waals surface area contributed by atoms with E-state index in [0.717, 1.165) is 5.69 Å². The first-order chi connectivity index (χ1) is 10.0. The summed E-state index contributed by atoms with van der Waals surface area (Å²) in [6.45, 7) is 1.25. The molecule has 9 heteroatoms. The number of hydrogen-bond acceptors (Lipinski definition) is 4. The number of sulfonamides is 1. The molecule has 0 unspecified atom stereocenters. The highest BCUT2D eigenvalue weighted by Gasteiger charge is 2.27. The molecule has 0 atom stereocenters. The van der Waals surface area contributed by atoms with Gasteiger partial charge in [-0.25, -0.2) is 12.7 Å². The fourth-order valence-electron chi connectivity index (χ4n) is 2.15. The van der Waals surface area contributed by atoms with Crippen molar-refractivity contribution >= 4 is 45.6 Å². The predicted molar refractivity (Wildman–Crippen MR) is 98.5 cm³/mol.